The predicted molar refractivity (Wildman–Crippen MR) is 116 cm³/mol. The highest BCUT2D eigenvalue weighted by atomic mass is 16.5. The molecule has 4 heterocycles. The number of para-hydroxylation sites is 1. The van der Waals surface area contributed by atoms with Crippen LogP contribution in [0.4, 0.5) is 5.69 Å². The molecule has 31 heavy (non-hydrogen) atoms. The molecule has 2 amide bonds. The molecule has 2 unspecified atom stereocenters. The third-order valence-corrected chi connectivity index (χ3v) is 6.72. The molecule has 1 aromatic heterocycles. The molecular weight excluding hydrogens is 394 g/mol. The molecule has 0 bridgehead atoms. The Morgan fingerprint density at radius 2 is 1.84 bits per heavy atom. The molecule has 2 saturated heterocycles. The van der Waals surface area contributed by atoms with Crippen LogP contribution in [-0.4, -0.2) is 66.5 Å². The lowest BCUT2D eigenvalue weighted by atomic mass is 10.1. The Kier molecular flexibility index (Phi) is 5.44. The molecule has 0 spiro atoms. The van der Waals surface area contributed by atoms with E-state index in [1.165, 1.54) is 11.3 Å². The van der Waals surface area contributed by atoms with Gasteiger partial charge in [-0.15, -0.1) is 0 Å². The Hall–Kier alpha value is -2.80. The summed E-state index contributed by atoms with van der Waals surface area (Å²) in [6.07, 6.45) is 4.05. The summed E-state index contributed by atoms with van der Waals surface area (Å²) in [5, 5.41) is 0. The molecular formula is C24H29N3O4. The number of nitrogens with zero attached hydrogens (tertiary/aromatic N) is 3. The highest BCUT2D eigenvalue weighted by Gasteiger charge is 2.33. The van der Waals surface area contributed by atoms with Gasteiger partial charge in [0.2, 0.25) is 0 Å². The Morgan fingerprint density at radius 3 is 2.61 bits per heavy atom. The topological polar surface area (TPSA) is 66.2 Å². The van der Waals surface area contributed by atoms with Crippen LogP contribution in [0.1, 0.15) is 41.4 Å². The molecule has 2 aromatic rings. The van der Waals surface area contributed by atoms with E-state index in [1.54, 1.807) is 12.3 Å². The van der Waals surface area contributed by atoms with E-state index in [9.17, 15) is 9.59 Å². The van der Waals surface area contributed by atoms with Gasteiger partial charge >= 0.3 is 0 Å². The van der Waals surface area contributed by atoms with Crippen LogP contribution in [0.3, 0.4) is 0 Å². The van der Waals surface area contributed by atoms with Crippen molar-refractivity contribution in [3.8, 4) is 0 Å². The molecule has 1 aromatic carbocycles. The van der Waals surface area contributed by atoms with Crippen molar-refractivity contribution in [3.63, 3.8) is 0 Å². The highest BCUT2D eigenvalue weighted by molar-refractivity contribution is 5.95. The number of amides is 2. The minimum absolute atomic E-state index is 0.0203. The lowest BCUT2D eigenvalue weighted by Gasteiger charge is -2.35. The summed E-state index contributed by atoms with van der Waals surface area (Å²) in [6.45, 7) is 5.61. The van der Waals surface area contributed by atoms with Crippen LogP contribution in [0.15, 0.2) is 41.0 Å². The number of benzene rings is 1. The van der Waals surface area contributed by atoms with Gasteiger partial charge in [0.1, 0.15) is 11.9 Å². The fraction of sp³-hybridized carbons (Fsp3) is 0.500. The maximum Gasteiger partial charge on any atom is 0.257 e. The lowest BCUT2D eigenvalue weighted by molar-refractivity contribution is -0.142. The minimum atomic E-state index is -0.298. The summed E-state index contributed by atoms with van der Waals surface area (Å²) in [5.74, 6) is 0.745. The standard InChI is InChI=1S/C24H29N3O4/c1-17-15-18-5-2-3-6-20(18)27(17)16-22-19(8-14-31-22)23(28)25-9-11-26(12-10-25)24(29)21-7-4-13-30-21/h2-3,5-6,8,14,17,21H,4,7,9-13,15-16H2,1H3. The number of furan rings is 1. The van der Waals surface area contributed by atoms with Crippen molar-refractivity contribution in [2.24, 2.45) is 0 Å². The Morgan fingerprint density at radius 1 is 1.06 bits per heavy atom. The zero-order chi connectivity index (χ0) is 21.4. The zero-order valence-corrected chi connectivity index (χ0v) is 18.0. The molecule has 7 nitrogen and oxygen atoms in total. The minimum Gasteiger partial charge on any atom is -0.467 e. The smallest absolute Gasteiger partial charge is 0.257 e. The third kappa shape index (κ3) is 3.82. The summed E-state index contributed by atoms with van der Waals surface area (Å²) in [6, 6.07) is 10.5. The van der Waals surface area contributed by atoms with Gasteiger partial charge in [-0.2, -0.15) is 0 Å². The monoisotopic (exact) mass is 423 g/mol. The van der Waals surface area contributed by atoms with Crippen molar-refractivity contribution in [2.45, 2.75) is 44.9 Å². The molecule has 5 rings (SSSR count). The summed E-state index contributed by atoms with van der Waals surface area (Å²) < 4.78 is 11.3. The molecule has 0 radical (unpaired) electrons. The van der Waals surface area contributed by atoms with Crippen LogP contribution in [0.5, 0.6) is 0 Å². The molecule has 0 N–H and O–H groups in total. The second-order valence-electron chi connectivity index (χ2n) is 8.69. The van der Waals surface area contributed by atoms with Crippen molar-refractivity contribution in [2.75, 3.05) is 37.7 Å². The summed E-state index contributed by atoms with van der Waals surface area (Å²) in [4.78, 5) is 31.8. The second kappa shape index (κ2) is 8.38. The molecule has 0 aliphatic carbocycles. The number of piperazine rings is 1. The van der Waals surface area contributed by atoms with Gasteiger partial charge in [0.05, 0.1) is 18.4 Å². The fourth-order valence-corrected chi connectivity index (χ4v) is 4.96. The van der Waals surface area contributed by atoms with Crippen LogP contribution in [0.25, 0.3) is 0 Å². The molecule has 164 valence electrons. The van der Waals surface area contributed by atoms with E-state index < -0.39 is 0 Å². The van der Waals surface area contributed by atoms with E-state index in [2.05, 4.69) is 36.1 Å². The summed E-state index contributed by atoms with van der Waals surface area (Å²) >= 11 is 0. The van der Waals surface area contributed by atoms with Crippen LogP contribution >= 0.6 is 0 Å². The van der Waals surface area contributed by atoms with Crippen molar-refractivity contribution in [1.29, 1.82) is 0 Å². The van der Waals surface area contributed by atoms with Crippen LogP contribution in [0.2, 0.25) is 0 Å². The summed E-state index contributed by atoms with van der Waals surface area (Å²) in [5.41, 5.74) is 3.17. The van der Waals surface area contributed by atoms with Crippen LogP contribution in [-0.2, 0) is 22.5 Å². The Bertz CT molecular complexity index is 957. The number of hydrogen-bond donors (Lipinski definition) is 0. The van der Waals surface area contributed by atoms with E-state index in [0.29, 0.717) is 56.7 Å². The molecule has 7 heteroatoms. The molecule has 0 saturated carbocycles. The number of carbonyl (C=O) groups is 2. The van der Waals surface area contributed by atoms with Crippen molar-refractivity contribution >= 4 is 17.5 Å². The molecule has 2 atom stereocenters. The maximum atomic E-state index is 13.2. The number of fused-ring (bicyclic) bond motifs is 1. The van der Waals surface area contributed by atoms with E-state index in [1.807, 2.05) is 9.80 Å². The van der Waals surface area contributed by atoms with E-state index in [0.717, 1.165) is 19.3 Å². The third-order valence-electron chi connectivity index (χ3n) is 6.72. The summed E-state index contributed by atoms with van der Waals surface area (Å²) in [7, 11) is 0. The normalized spacial score (nSPS) is 23.3. The lowest BCUT2D eigenvalue weighted by Crippen LogP contribution is -2.52. The zero-order valence-electron chi connectivity index (χ0n) is 18.0. The second-order valence-corrected chi connectivity index (χ2v) is 8.69. The fourth-order valence-electron chi connectivity index (χ4n) is 4.96. The van der Waals surface area contributed by atoms with Crippen molar-refractivity contribution in [1.82, 2.24) is 9.80 Å². The van der Waals surface area contributed by atoms with E-state index >= 15 is 0 Å². The van der Waals surface area contributed by atoms with Crippen molar-refractivity contribution in [3.05, 3.63) is 53.5 Å². The number of anilines is 1. The first-order chi connectivity index (χ1) is 15.1. The predicted octanol–water partition coefficient (Wildman–Crippen LogP) is 2.69. The highest BCUT2D eigenvalue weighted by Crippen LogP contribution is 2.33. The number of ether oxygens (including phenoxy) is 1. The number of carbonyl (C=O) groups excluding carboxylic acids is 2. The van der Waals surface area contributed by atoms with Gasteiger partial charge in [-0.05, 0) is 43.9 Å². The largest absolute Gasteiger partial charge is 0.467 e. The van der Waals surface area contributed by atoms with Crippen molar-refractivity contribution < 1.29 is 18.7 Å². The SMILES string of the molecule is CC1Cc2ccccc2N1Cc1occc1C(=O)N1CCN(C(=O)C2CCCO2)CC1. The first kappa shape index (κ1) is 20.1. The van der Waals surface area contributed by atoms with E-state index in [4.69, 9.17) is 9.15 Å². The van der Waals surface area contributed by atoms with Gasteiger partial charge in [-0.3, -0.25) is 9.59 Å². The number of hydrogen-bond acceptors (Lipinski definition) is 5. The van der Waals surface area contributed by atoms with Gasteiger partial charge in [-0.1, -0.05) is 18.2 Å². The number of rotatable bonds is 4. The first-order valence-electron chi connectivity index (χ1n) is 11.2. The molecule has 3 aliphatic rings. The van der Waals surface area contributed by atoms with Crippen LogP contribution in [0, 0.1) is 0 Å². The van der Waals surface area contributed by atoms with Gasteiger partial charge in [0.15, 0.2) is 0 Å². The van der Waals surface area contributed by atoms with Crippen LogP contribution < -0.4 is 4.90 Å². The van der Waals surface area contributed by atoms with Gasteiger partial charge in [0.25, 0.3) is 11.8 Å². The molecule has 3 aliphatic heterocycles. The molecule has 2 fully saturated rings. The average Bonchev–Trinajstić information content (AvgIpc) is 3.54. The van der Waals surface area contributed by atoms with Gasteiger partial charge in [-0.25, -0.2) is 0 Å². The van der Waals surface area contributed by atoms with Gasteiger partial charge in [0, 0.05) is 44.5 Å². The van der Waals surface area contributed by atoms with Gasteiger partial charge < -0.3 is 23.9 Å². The Balaban J connectivity index is 1.24. The Labute approximate surface area is 182 Å². The maximum absolute atomic E-state index is 13.2. The average molecular weight is 424 g/mol. The van der Waals surface area contributed by atoms with E-state index in [-0.39, 0.29) is 17.9 Å². The first-order valence-corrected chi connectivity index (χ1v) is 11.2. The quantitative estimate of drug-likeness (QED) is 0.757.